The van der Waals surface area contributed by atoms with Gasteiger partial charge < -0.3 is 14.1 Å². The first-order chi connectivity index (χ1) is 10.7. The van der Waals surface area contributed by atoms with Crippen LogP contribution in [0.1, 0.15) is 61.3 Å². The molecule has 122 valence electrons. The van der Waals surface area contributed by atoms with Gasteiger partial charge in [-0.2, -0.15) is 0 Å². The number of carbonyl (C=O) groups is 1. The second-order valence-electron chi connectivity index (χ2n) is 6.61. The van der Waals surface area contributed by atoms with E-state index in [9.17, 15) is 4.79 Å². The molecule has 5 nitrogen and oxygen atoms in total. The van der Waals surface area contributed by atoms with Gasteiger partial charge in [0.05, 0.1) is 5.69 Å². The van der Waals surface area contributed by atoms with Gasteiger partial charge in [0.15, 0.2) is 0 Å². The Morgan fingerprint density at radius 3 is 2.68 bits per heavy atom. The van der Waals surface area contributed by atoms with Crippen molar-refractivity contribution in [2.75, 3.05) is 20.3 Å². The molecule has 22 heavy (non-hydrogen) atoms. The molecule has 0 spiro atoms. The Labute approximate surface area is 132 Å². The van der Waals surface area contributed by atoms with Crippen LogP contribution in [-0.2, 0) is 11.2 Å². The Bertz CT molecular complexity index is 488. The quantitative estimate of drug-likeness (QED) is 0.858. The number of oxazole rings is 1. The second kappa shape index (κ2) is 7.27. The predicted octanol–water partition coefficient (Wildman–Crippen LogP) is 3.05. The zero-order chi connectivity index (χ0) is 15.4. The van der Waals surface area contributed by atoms with Crippen LogP contribution in [0.2, 0.25) is 0 Å². The van der Waals surface area contributed by atoms with E-state index in [2.05, 4.69) is 4.98 Å². The lowest BCUT2D eigenvalue weighted by atomic mass is 9.86. The fourth-order valence-corrected chi connectivity index (χ4v) is 3.58. The van der Waals surface area contributed by atoms with Gasteiger partial charge in [-0.25, -0.2) is 4.98 Å². The fraction of sp³-hybridized carbons (Fsp3) is 0.765. The summed E-state index contributed by atoms with van der Waals surface area (Å²) >= 11 is 0. The van der Waals surface area contributed by atoms with Crippen molar-refractivity contribution in [3.8, 4) is 0 Å². The largest absolute Gasteiger partial charge is 0.441 e. The molecular weight excluding hydrogens is 280 g/mol. The van der Waals surface area contributed by atoms with Gasteiger partial charge in [-0.1, -0.05) is 32.1 Å². The zero-order valence-electron chi connectivity index (χ0n) is 13.4. The molecule has 2 aliphatic rings. The molecule has 0 bridgehead atoms. The lowest BCUT2D eigenvalue weighted by molar-refractivity contribution is 0.0340. The number of hydrogen-bond acceptors (Lipinski definition) is 4. The van der Waals surface area contributed by atoms with E-state index in [1.165, 1.54) is 32.1 Å². The smallest absolute Gasteiger partial charge is 0.309 e. The van der Waals surface area contributed by atoms with E-state index in [4.69, 9.17) is 9.15 Å². The third kappa shape index (κ3) is 3.69. The van der Waals surface area contributed by atoms with Crippen molar-refractivity contribution in [1.82, 2.24) is 9.88 Å². The molecule has 1 aromatic heterocycles. The van der Waals surface area contributed by atoms with Gasteiger partial charge >= 0.3 is 5.91 Å². The van der Waals surface area contributed by atoms with E-state index >= 15 is 0 Å². The summed E-state index contributed by atoms with van der Waals surface area (Å²) < 4.78 is 10.8. The Morgan fingerprint density at radius 2 is 1.95 bits per heavy atom. The highest BCUT2D eigenvalue weighted by Crippen LogP contribution is 2.26. The number of hydrogen-bond donors (Lipinski definition) is 0. The van der Waals surface area contributed by atoms with E-state index in [0.717, 1.165) is 38.2 Å². The highest BCUT2D eigenvalue weighted by molar-refractivity contribution is 5.89. The summed E-state index contributed by atoms with van der Waals surface area (Å²) in [7, 11) is 1.84. The number of ether oxygens (including phenoxy) is 1. The van der Waals surface area contributed by atoms with E-state index in [1.807, 2.05) is 7.05 Å². The SMILES string of the molecule is CN(C(=O)c1nc(CC2CCCCC2)co1)C1CCOCC1. The summed E-state index contributed by atoms with van der Waals surface area (Å²) in [4.78, 5) is 18.7. The lowest BCUT2D eigenvalue weighted by Crippen LogP contribution is -2.40. The van der Waals surface area contributed by atoms with E-state index in [0.29, 0.717) is 5.92 Å². The molecule has 0 radical (unpaired) electrons. The van der Waals surface area contributed by atoms with E-state index in [-0.39, 0.29) is 17.8 Å². The van der Waals surface area contributed by atoms with Gasteiger partial charge in [0.1, 0.15) is 6.26 Å². The molecule has 0 atom stereocenters. The first-order valence-corrected chi connectivity index (χ1v) is 8.53. The molecule has 1 aliphatic carbocycles. The maximum Gasteiger partial charge on any atom is 0.309 e. The summed E-state index contributed by atoms with van der Waals surface area (Å²) in [5.74, 6) is 0.830. The summed E-state index contributed by atoms with van der Waals surface area (Å²) in [6, 6.07) is 0.231. The first-order valence-electron chi connectivity index (χ1n) is 8.53. The van der Waals surface area contributed by atoms with Crippen LogP contribution < -0.4 is 0 Å². The average molecular weight is 306 g/mol. The molecule has 1 aliphatic heterocycles. The van der Waals surface area contributed by atoms with Crippen molar-refractivity contribution in [3.05, 3.63) is 17.8 Å². The summed E-state index contributed by atoms with van der Waals surface area (Å²) in [6.07, 6.45) is 10.9. The van der Waals surface area contributed by atoms with Crippen molar-refractivity contribution < 1.29 is 13.9 Å². The minimum absolute atomic E-state index is 0.109. The molecule has 2 heterocycles. The predicted molar refractivity (Wildman–Crippen MR) is 82.7 cm³/mol. The summed E-state index contributed by atoms with van der Waals surface area (Å²) in [6.45, 7) is 1.45. The highest BCUT2D eigenvalue weighted by Gasteiger charge is 2.26. The van der Waals surface area contributed by atoms with Crippen LogP contribution in [0.15, 0.2) is 10.7 Å². The average Bonchev–Trinajstić information content (AvgIpc) is 3.04. The van der Waals surface area contributed by atoms with Gasteiger partial charge in [-0.15, -0.1) is 0 Å². The van der Waals surface area contributed by atoms with Crippen molar-refractivity contribution in [3.63, 3.8) is 0 Å². The molecule has 0 unspecified atom stereocenters. The summed E-state index contributed by atoms with van der Waals surface area (Å²) in [5, 5.41) is 0. The van der Waals surface area contributed by atoms with Gasteiger partial charge in [-0.3, -0.25) is 4.79 Å². The number of rotatable bonds is 4. The molecule has 1 saturated carbocycles. The van der Waals surface area contributed by atoms with Crippen LogP contribution in [0, 0.1) is 5.92 Å². The Hall–Kier alpha value is -1.36. The number of aromatic nitrogens is 1. The third-order valence-electron chi connectivity index (χ3n) is 5.02. The van der Waals surface area contributed by atoms with Crippen molar-refractivity contribution >= 4 is 5.91 Å². The second-order valence-corrected chi connectivity index (χ2v) is 6.61. The third-order valence-corrected chi connectivity index (χ3v) is 5.02. The highest BCUT2D eigenvalue weighted by atomic mass is 16.5. The van der Waals surface area contributed by atoms with Crippen molar-refractivity contribution in [1.29, 1.82) is 0 Å². The van der Waals surface area contributed by atoms with E-state index in [1.54, 1.807) is 11.2 Å². The first kappa shape index (κ1) is 15.5. The zero-order valence-corrected chi connectivity index (χ0v) is 13.4. The Balaban J connectivity index is 1.58. The number of amides is 1. The fourth-order valence-electron chi connectivity index (χ4n) is 3.58. The van der Waals surface area contributed by atoms with E-state index < -0.39 is 0 Å². The Morgan fingerprint density at radius 1 is 1.23 bits per heavy atom. The minimum Gasteiger partial charge on any atom is -0.441 e. The molecule has 1 saturated heterocycles. The monoisotopic (exact) mass is 306 g/mol. The van der Waals surface area contributed by atoms with Crippen LogP contribution in [0.5, 0.6) is 0 Å². The van der Waals surface area contributed by atoms with Crippen LogP contribution in [0.4, 0.5) is 0 Å². The molecule has 5 heteroatoms. The van der Waals surface area contributed by atoms with Crippen LogP contribution in [0.3, 0.4) is 0 Å². The van der Waals surface area contributed by atoms with Gasteiger partial charge in [0.2, 0.25) is 0 Å². The number of carbonyl (C=O) groups excluding carboxylic acids is 1. The van der Waals surface area contributed by atoms with Gasteiger partial charge in [-0.05, 0) is 25.2 Å². The number of nitrogens with zero attached hydrogens (tertiary/aromatic N) is 2. The molecule has 0 N–H and O–H groups in total. The van der Waals surface area contributed by atoms with Gasteiger partial charge in [0.25, 0.3) is 5.89 Å². The molecule has 0 aromatic carbocycles. The van der Waals surface area contributed by atoms with Crippen LogP contribution in [0.25, 0.3) is 0 Å². The van der Waals surface area contributed by atoms with Gasteiger partial charge in [0, 0.05) is 26.3 Å². The van der Waals surface area contributed by atoms with Crippen molar-refractivity contribution in [2.45, 2.75) is 57.4 Å². The van der Waals surface area contributed by atoms with Crippen LogP contribution in [-0.4, -0.2) is 42.1 Å². The maximum atomic E-state index is 12.5. The standard InChI is InChI=1S/C17H26N2O3/c1-19(15-7-9-21-10-8-15)17(20)16-18-14(12-22-16)11-13-5-3-2-4-6-13/h12-13,15H,2-11H2,1H3. The normalized spacial score (nSPS) is 21.0. The van der Waals surface area contributed by atoms with Crippen LogP contribution >= 0.6 is 0 Å². The molecular formula is C17H26N2O3. The molecule has 1 aromatic rings. The molecule has 1 amide bonds. The Kier molecular flexibility index (Phi) is 5.13. The molecule has 2 fully saturated rings. The maximum absolute atomic E-state index is 12.5. The lowest BCUT2D eigenvalue weighted by Gasteiger charge is -2.30. The molecule has 3 rings (SSSR count). The van der Waals surface area contributed by atoms with Crippen molar-refractivity contribution in [2.24, 2.45) is 5.92 Å². The minimum atomic E-state index is -0.109. The topological polar surface area (TPSA) is 55.6 Å². The summed E-state index contributed by atoms with van der Waals surface area (Å²) in [5.41, 5.74) is 0.927.